The second-order valence-electron chi connectivity index (χ2n) is 9.33. The van der Waals surface area contributed by atoms with Gasteiger partial charge in [0.15, 0.2) is 0 Å². The SMILES string of the molecule is CCCc1ccccc1CCc1cc2ccccc2nc1CCCCOc1cccc(CC(=O)O)c1. The molecule has 0 aliphatic carbocycles. The average molecular weight is 482 g/mol. The van der Waals surface area contributed by atoms with Crippen LogP contribution in [0.25, 0.3) is 10.9 Å². The Balaban J connectivity index is 1.38. The predicted molar refractivity (Wildman–Crippen MR) is 146 cm³/mol. The second kappa shape index (κ2) is 12.9. The molecule has 0 unspecified atom stereocenters. The van der Waals surface area contributed by atoms with Crippen molar-refractivity contribution in [2.45, 2.75) is 58.3 Å². The minimum Gasteiger partial charge on any atom is -0.494 e. The van der Waals surface area contributed by atoms with Crippen LogP contribution in [0.2, 0.25) is 0 Å². The largest absolute Gasteiger partial charge is 0.494 e. The molecular formula is C32H35NO3. The molecule has 1 heterocycles. The van der Waals surface area contributed by atoms with Crippen LogP contribution < -0.4 is 4.74 Å². The van der Waals surface area contributed by atoms with Gasteiger partial charge in [0.2, 0.25) is 0 Å². The van der Waals surface area contributed by atoms with E-state index in [4.69, 9.17) is 14.8 Å². The summed E-state index contributed by atoms with van der Waals surface area (Å²) in [6.07, 6.45) is 7.12. The highest BCUT2D eigenvalue weighted by molar-refractivity contribution is 5.79. The Morgan fingerprint density at radius 1 is 0.806 bits per heavy atom. The Labute approximate surface area is 214 Å². The number of aliphatic carboxylic acids is 1. The number of carbonyl (C=O) groups is 1. The number of hydrogen-bond donors (Lipinski definition) is 1. The van der Waals surface area contributed by atoms with Crippen molar-refractivity contribution in [1.82, 2.24) is 4.98 Å². The molecule has 1 aromatic heterocycles. The number of aromatic nitrogens is 1. The fourth-order valence-corrected chi connectivity index (χ4v) is 4.72. The summed E-state index contributed by atoms with van der Waals surface area (Å²) in [6.45, 7) is 2.84. The van der Waals surface area contributed by atoms with Gasteiger partial charge in [-0.05, 0) is 85.0 Å². The van der Waals surface area contributed by atoms with Crippen molar-refractivity contribution >= 4 is 16.9 Å². The fraction of sp³-hybridized carbons (Fsp3) is 0.312. The molecule has 3 aromatic carbocycles. The number of benzene rings is 3. The molecule has 4 nitrogen and oxygen atoms in total. The summed E-state index contributed by atoms with van der Waals surface area (Å²) in [5.41, 5.74) is 7.23. The molecule has 36 heavy (non-hydrogen) atoms. The monoisotopic (exact) mass is 481 g/mol. The normalized spacial score (nSPS) is 11.0. The van der Waals surface area contributed by atoms with Crippen molar-refractivity contribution in [3.05, 3.63) is 107 Å². The van der Waals surface area contributed by atoms with Crippen LogP contribution in [0.5, 0.6) is 5.75 Å². The first-order valence-electron chi connectivity index (χ1n) is 13.0. The van der Waals surface area contributed by atoms with Gasteiger partial charge in [-0.3, -0.25) is 9.78 Å². The molecule has 4 aromatic rings. The molecule has 0 radical (unpaired) electrons. The van der Waals surface area contributed by atoms with Crippen molar-refractivity contribution in [2.75, 3.05) is 6.61 Å². The van der Waals surface area contributed by atoms with E-state index in [1.165, 1.54) is 27.8 Å². The van der Waals surface area contributed by atoms with E-state index in [9.17, 15) is 4.79 Å². The Morgan fingerprint density at radius 2 is 1.56 bits per heavy atom. The van der Waals surface area contributed by atoms with E-state index in [1.54, 1.807) is 0 Å². The topological polar surface area (TPSA) is 59.4 Å². The van der Waals surface area contributed by atoms with E-state index < -0.39 is 5.97 Å². The number of ether oxygens (including phenoxy) is 1. The summed E-state index contributed by atoms with van der Waals surface area (Å²) in [4.78, 5) is 16.0. The lowest BCUT2D eigenvalue weighted by Gasteiger charge is -2.13. The van der Waals surface area contributed by atoms with Crippen LogP contribution in [0, 0.1) is 0 Å². The Kier molecular flexibility index (Phi) is 9.09. The third-order valence-corrected chi connectivity index (χ3v) is 6.52. The van der Waals surface area contributed by atoms with Gasteiger partial charge in [-0.2, -0.15) is 0 Å². The number of carboxylic acid groups (broad SMARTS) is 1. The van der Waals surface area contributed by atoms with Gasteiger partial charge in [-0.1, -0.05) is 67.9 Å². The van der Waals surface area contributed by atoms with E-state index in [2.05, 4.69) is 55.5 Å². The molecule has 0 fully saturated rings. The molecular weight excluding hydrogens is 446 g/mol. The van der Waals surface area contributed by atoms with Crippen LogP contribution in [0.15, 0.2) is 78.9 Å². The standard InChI is InChI=1S/C32H35NO3/c1-2-10-25-12-3-4-13-26(25)18-19-28-23-27-14-5-6-16-30(27)33-31(28)17-7-8-20-36-29-15-9-11-24(21-29)22-32(34)35/h3-6,9,11-16,21,23H,2,7-8,10,17-20,22H2,1H3,(H,34,35). The van der Waals surface area contributed by atoms with Crippen LogP contribution in [-0.4, -0.2) is 22.7 Å². The zero-order valence-electron chi connectivity index (χ0n) is 21.1. The molecule has 0 aliphatic rings. The molecule has 0 atom stereocenters. The molecule has 1 N–H and O–H groups in total. The molecule has 0 aliphatic heterocycles. The molecule has 0 bridgehead atoms. The predicted octanol–water partition coefficient (Wildman–Crippen LogP) is 7.00. The van der Waals surface area contributed by atoms with E-state index in [1.807, 2.05) is 30.3 Å². The van der Waals surface area contributed by atoms with Gasteiger partial charge >= 0.3 is 5.97 Å². The quantitative estimate of drug-likeness (QED) is 0.209. The number of aryl methyl sites for hydroxylation is 4. The zero-order chi connectivity index (χ0) is 25.2. The number of nitrogens with zero attached hydrogens (tertiary/aromatic N) is 1. The van der Waals surface area contributed by atoms with E-state index in [0.29, 0.717) is 6.61 Å². The van der Waals surface area contributed by atoms with Crippen LogP contribution in [0.4, 0.5) is 0 Å². The van der Waals surface area contributed by atoms with E-state index in [0.717, 1.165) is 61.8 Å². The summed E-state index contributed by atoms with van der Waals surface area (Å²) in [5.74, 6) is -0.108. The number of pyridine rings is 1. The van der Waals surface area contributed by atoms with Crippen molar-refractivity contribution in [3.63, 3.8) is 0 Å². The lowest BCUT2D eigenvalue weighted by Crippen LogP contribution is -2.05. The number of unbranched alkanes of at least 4 members (excludes halogenated alkanes) is 1. The Hall–Kier alpha value is -3.66. The number of rotatable bonds is 13. The Morgan fingerprint density at radius 3 is 2.36 bits per heavy atom. The van der Waals surface area contributed by atoms with Crippen LogP contribution in [0.1, 0.15) is 54.1 Å². The smallest absolute Gasteiger partial charge is 0.307 e. The maximum Gasteiger partial charge on any atom is 0.307 e. The minimum atomic E-state index is -0.834. The van der Waals surface area contributed by atoms with Crippen LogP contribution in [0.3, 0.4) is 0 Å². The molecule has 0 saturated heterocycles. The summed E-state index contributed by atoms with van der Waals surface area (Å²) >= 11 is 0. The summed E-state index contributed by atoms with van der Waals surface area (Å²) < 4.78 is 5.89. The van der Waals surface area contributed by atoms with Gasteiger partial charge in [-0.25, -0.2) is 0 Å². The Bertz CT molecular complexity index is 1300. The van der Waals surface area contributed by atoms with Crippen molar-refractivity contribution < 1.29 is 14.6 Å². The maximum absolute atomic E-state index is 10.9. The second-order valence-corrected chi connectivity index (χ2v) is 9.33. The summed E-state index contributed by atoms with van der Waals surface area (Å²) in [7, 11) is 0. The third-order valence-electron chi connectivity index (χ3n) is 6.52. The highest BCUT2D eigenvalue weighted by Gasteiger charge is 2.10. The lowest BCUT2D eigenvalue weighted by molar-refractivity contribution is -0.136. The van der Waals surface area contributed by atoms with Crippen LogP contribution in [-0.2, 0) is 36.9 Å². The van der Waals surface area contributed by atoms with Crippen LogP contribution >= 0.6 is 0 Å². The first-order valence-corrected chi connectivity index (χ1v) is 13.0. The fourth-order valence-electron chi connectivity index (χ4n) is 4.72. The van der Waals surface area contributed by atoms with Gasteiger partial charge in [-0.15, -0.1) is 0 Å². The summed E-state index contributed by atoms with van der Waals surface area (Å²) in [5, 5.41) is 10.2. The molecule has 0 saturated carbocycles. The van der Waals surface area contributed by atoms with Gasteiger partial charge in [0.05, 0.1) is 18.5 Å². The first-order chi connectivity index (χ1) is 17.6. The average Bonchev–Trinajstić information content (AvgIpc) is 2.88. The van der Waals surface area contributed by atoms with Crippen molar-refractivity contribution in [3.8, 4) is 5.75 Å². The van der Waals surface area contributed by atoms with Gasteiger partial charge in [0.25, 0.3) is 0 Å². The van der Waals surface area contributed by atoms with Crippen molar-refractivity contribution in [1.29, 1.82) is 0 Å². The lowest BCUT2D eigenvalue weighted by atomic mass is 9.95. The van der Waals surface area contributed by atoms with E-state index >= 15 is 0 Å². The first kappa shape index (κ1) is 25.4. The third kappa shape index (κ3) is 7.17. The molecule has 4 rings (SSSR count). The molecule has 0 spiro atoms. The summed E-state index contributed by atoms with van der Waals surface area (Å²) in [6, 6.07) is 26.8. The van der Waals surface area contributed by atoms with Gasteiger partial charge in [0.1, 0.15) is 5.75 Å². The molecule has 0 amide bonds. The molecule has 4 heteroatoms. The van der Waals surface area contributed by atoms with E-state index in [-0.39, 0.29) is 6.42 Å². The number of para-hydroxylation sites is 1. The minimum absolute atomic E-state index is 0.0104. The van der Waals surface area contributed by atoms with Gasteiger partial charge < -0.3 is 9.84 Å². The molecule has 186 valence electrons. The number of carboxylic acids is 1. The highest BCUT2D eigenvalue weighted by atomic mass is 16.5. The number of hydrogen-bond acceptors (Lipinski definition) is 3. The van der Waals surface area contributed by atoms with Gasteiger partial charge in [0, 0.05) is 11.1 Å². The number of fused-ring (bicyclic) bond motifs is 1. The highest BCUT2D eigenvalue weighted by Crippen LogP contribution is 2.22. The zero-order valence-corrected chi connectivity index (χ0v) is 21.1. The van der Waals surface area contributed by atoms with Crippen molar-refractivity contribution in [2.24, 2.45) is 0 Å². The maximum atomic E-state index is 10.9.